The third kappa shape index (κ3) is 6.64. The van der Waals surface area contributed by atoms with Crippen molar-refractivity contribution in [3.05, 3.63) is 58.9 Å². The maximum absolute atomic E-state index is 15.9. The number of piperidine rings is 1. The van der Waals surface area contributed by atoms with Gasteiger partial charge in [0.25, 0.3) is 0 Å². The predicted molar refractivity (Wildman–Crippen MR) is 138 cm³/mol. The lowest BCUT2D eigenvalue weighted by Gasteiger charge is -2.37. The minimum Gasteiger partial charge on any atom is -0.490 e. The van der Waals surface area contributed by atoms with Gasteiger partial charge in [-0.15, -0.1) is 0 Å². The fraction of sp³-hybridized carbons (Fsp3) is 0.567. The van der Waals surface area contributed by atoms with E-state index < -0.39 is 5.67 Å². The molecule has 0 bridgehead atoms. The summed E-state index contributed by atoms with van der Waals surface area (Å²) in [6, 6.07) is 10.3. The van der Waals surface area contributed by atoms with Crippen LogP contribution in [-0.2, 0) is 13.0 Å². The molecule has 0 spiro atoms. The smallest absolute Gasteiger partial charge is 0.166 e. The van der Waals surface area contributed by atoms with Gasteiger partial charge < -0.3 is 9.47 Å². The van der Waals surface area contributed by atoms with Crippen molar-refractivity contribution >= 4 is 5.78 Å². The number of likely N-dealkylation sites (tertiary alicyclic amines) is 1. The Hall–Kier alpha value is -2.47. The van der Waals surface area contributed by atoms with Crippen LogP contribution in [0.4, 0.5) is 8.78 Å². The first-order valence-electron chi connectivity index (χ1n) is 13.5. The van der Waals surface area contributed by atoms with E-state index in [2.05, 4.69) is 18.7 Å². The Morgan fingerprint density at radius 1 is 1.00 bits per heavy atom. The van der Waals surface area contributed by atoms with E-state index in [9.17, 15) is 9.18 Å². The number of carbonyl (C=O) groups excluding carboxylic acids is 1. The predicted octanol–water partition coefficient (Wildman–Crippen LogP) is 6.93. The van der Waals surface area contributed by atoms with Gasteiger partial charge in [0, 0.05) is 31.1 Å². The molecule has 1 heterocycles. The van der Waals surface area contributed by atoms with Crippen molar-refractivity contribution in [2.75, 3.05) is 26.3 Å². The van der Waals surface area contributed by atoms with Gasteiger partial charge in [0.15, 0.2) is 17.3 Å². The first kappa shape index (κ1) is 26.6. The van der Waals surface area contributed by atoms with E-state index in [0.29, 0.717) is 69.2 Å². The first-order chi connectivity index (χ1) is 17.4. The minimum atomic E-state index is -1.36. The summed E-state index contributed by atoms with van der Waals surface area (Å²) >= 11 is 0. The van der Waals surface area contributed by atoms with Gasteiger partial charge in [0.05, 0.1) is 13.2 Å². The second kappa shape index (κ2) is 12.2. The van der Waals surface area contributed by atoms with Crippen LogP contribution in [-0.4, -0.2) is 42.7 Å². The van der Waals surface area contributed by atoms with Gasteiger partial charge in [-0.05, 0) is 73.9 Å². The van der Waals surface area contributed by atoms with Gasteiger partial charge in [-0.3, -0.25) is 9.69 Å². The Bertz CT molecular complexity index is 1030. The number of ether oxygens (including phenoxy) is 2. The maximum Gasteiger partial charge on any atom is 0.166 e. The minimum absolute atomic E-state index is 0.0182. The standard InChI is InChI=1S/C30H39F2NO3/c1-3-5-14-35-27-18-23-17-24(29(34)26(23)19-28(27)36-15-6-4-2)20-30(32)10-12-33(13-11-30)21-22-8-7-9-25(31)16-22/h7-9,16,18-19,24H,3-6,10-15,17,20-21H2,1-2H3. The average Bonchev–Trinajstić information content (AvgIpc) is 3.15. The zero-order valence-corrected chi connectivity index (χ0v) is 21.7. The van der Waals surface area contributed by atoms with Crippen molar-refractivity contribution in [3.63, 3.8) is 0 Å². The Morgan fingerprint density at radius 3 is 2.31 bits per heavy atom. The lowest BCUT2D eigenvalue weighted by molar-refractivity contribution is 0.0336. The zero-order valence-electron chi connectivity index (χ0n) is 21.7. The maximum atomic E-state index is 15.9. The molecule has 0 N–H and O–H groups in total. The zero-order chi connectivity index (χ0) is 25.5. The number of ketones is 1. The molecule has 196 valence electrons. The van der Waals surface area contributed by atoms with Gasteiger partial charge in [-0.25, -0.2) is 8.78 Å². The van der Waals surface area contributed by atoms with Crippen LogP contribution >= 0.6 is 0 Å². The van der Waals surface area contributed by atoms with Crippen LogP contribution in [0, 0.1) is 11.7 Å². The molecule has 4 rings (SSSR count). The molecule has 0 saturated carbocycles. The molecule has 1 aliphatic carbocycles. The van der Waals surface area contributed by atoms with E-state index in [1.54, 1.807) is 6.07 Å². The number of fused-ring (bicyclic) bond motifs is 1. The summed E-state index contributed by atoms with van der Waals surface area (Å²) in [5.74, 6) is 0.723. The lowest BCUT2D eigenvalue weighted by Crippen LogP contribution is -2.42. The summed E-state index contributed by atoms with van der Waals surface area (Å²) in [5, 5.41) is 0. The van der Waals surface area contributed by atoms with E-state index >= 15 is 4.39 Å². The molecule has 4 nitrogen and oxygen atoms in total. The second-order valence-corrected chi connectivity index (χ2v) is 10.4. The number of alkyl halides is 1. The second-order valence-electron chi connectivity index (χ2n) is 10.4. The van der Waals surface area contributed by atoms with E-state index in [4.69, 9.17) is 9.47 Å². The largest absolute Gasteiger partial charge is 0.490 e. The molecule has 1 saturated heterocycles. The third-order valence-electron chi connectivity index (χ3n) is 7.44. The molecule has 36 heavy (non-hydrogen) atoms. The Balaban J connectivity index is 1.38. The molecule has 1 aliphatic heterocycles. The number of hydrogen-bond donors (Lipinski definition) is 0. The molecule has 2 aliphatic rings. The molecule has 6 heteroatoms. The number of rotatable bonds is 12. The van der Waals surface area contributed by atoms with Gasteiger partial charge in [-0.1, -0.05) is 38.8 Å². The first-order valence-corrected chi connectivity index (χ1v) is 13.5. The molecule has 2 aromatic carbocycles. The average molecular weight is 500 g/mol. The highest BCUT2D eigenvalue weighted by Gasteiger charge is 2.42. The summed E-state index contributed by atoms with van der Waals surface area (Å²) in [7, 11) is 0. The van der Waals surface area contributed by atoms with Crippen LogP contribution in [0.15, 0.2) is 36.4 Å². The molecule has 2 aromatic rings. The van der Waals surface area contributed by atoms with Crippen molar-refractivity contribution in [2.24, 2.45) is 5.92 Å². The van der Waals surface area contributed by atoms with E-state index in [0.717, 1.165) is 36.8 Å². The number of hydrogen-bond acceptors (Lipinski definition) is 4. The number of nitrogens with zero attached hydrogens (tertiary/aromatic N) is 1. The van der Waals surface area contributed by atoms with Crippen LogP contribution in [0.25, 0.3) is 0 Å². The van der Waals surface area contributed by atoms with Crippen LogP contribution in [0.2, 0.25) is 0 Å². The third-order valence-corrected chi connectivity index (χ3v) is 7.44. The molecule has 1 fully saturated rings. The van der Waals surface area contributed by atoms with E-state index in [1.165, 1.54) is 12.1 Å². The lowest BCUT2D eigenvalue weighted by atomic mass is 9.82. The van der Waals surface area contributed by atoms with E-state index in [-0.39, 0.29) is 23.9 Å². The molecule has 1 atom stereocenters. The number of benzene rings is 2. The van der Waals surface area contributed by atoms with Crippen LogP contribution in [0.3, 0.4) is 0 Å². The van der Waals surface area contributed by atoms with E-state index in [1.807, 2.05) is 18.2 Å². The summed E-state index contributed by atoms with van der Waals surface area (Å²) in [6.45, 7) is 7.23. The van der Waals surface area contributed by atoms with Gasteiger partial charge in [-0.2, -0.15) is 0 Å². The number of carbonyl (C=O) groups is 1. The number of unbranched alkanes of at least 4 members (excludes halogenated alkanes) is 2. The highest BCUT2D eigenvalue weighted by Crippen LogP contribution is 2.42. The van der Waals surface area contributed by atoms with Crippen molar-refractivity contribution in [3.8, 4) is 11.5 Å². The highest BCUT2D eigenvalue weighted by molar-refractivity contribution is 6.03. The number of halogens is 2. The monoisotopic (exact) mass is 499 g/mol. The highest BCUT2D eigenvalue weighted by atomic mass is 19.1. The summed E-state index contributed by atoms with van der Waals surface area (Å²) in [6.07, 6.45) is 5.51. The molecule has 0 radical (unpaired) electrons. The summed E-state index contributed by atoms with van der Waals surface area (Å²) in [4.78, 5) is 15.5. The fourth-order valence-electron chi connectivity index (χ4n) is 5.27. The van der Waals surface area contributed by atoms with Crippen molar-refractivity contribution in [2.45, 2.75) is 77.4 Å². The molecular formula is C30H39F2NO3. The van der Waals surface area contributed by atoms with Gasteiger partial charge >= 0.3 is 0 Å². The number of Topliss-reactive ketones (excluding diaryl/α,β-unsaturated/α-hetero) is 1. The molecular weight excluding hydrogens is 460 g/mol. The van der Waals surface area contributed by atoms with Crippen LogP contribution in [0.5, 0.6) is 11.5 Å². The normalized spacial score (nSPS) is 19.3. The van der Waals surface area contributed by atoms with Crippen molar-refractivity contribution in [1.82, 2.24) is 4.90 Å². The SMILES string of the molecule is CCCCOc1cc2c(cc1OCCCC)C(=O)C(CC1(F)CCN(Cc3cccc(F)c3)CC1)C2. The van der Waals surface area contributed by atoms with Gasteiger partial charge in [0.2, 0.25) is 0 Å². The summed E-state index contributed by atoms with van der Waals surface area (Å²) in [5.41, 5.74) is 1.13. The Kier molecular flexibility index (Phi) is 9.00. The molecule has 0 amide bonds. The fourth-order valence-corrected chi connectivity index (χ4v) is 5.27. The summed E-state index contributed by atoms with van der Waals surface area (Å²) < 4.78 is 41.4. The van der Waals surface area contributed by atoms with Crippen molar-refractivity contribution < 1.29 is 23.0 Å². The molecule has 1 unspecified atom stereocenters. The molecule has 0 aromatic heterocycles. The Labute approximate surface area is 214 Å². The van der Waals surface area contributed by atoms with Gasteiger partial charge in [0.1, 0.15) is 11.5 Å². The van der Waals surface area contributed by atoms with Crippen molar-refractivity contribution in [1.29, 1.82) is 0 Å². The quantitative estimate of drug-likeness (QED) is 0.297. The topological polar surface area (TPSA) is 38.8 Å². The van der Waals surface area contributed by atoms with Crippen LogP contribution < -0.4 is 9.47 Å². The van der Waals surface area contributed by atoms with Crippen LogP contribution in [0.1, 0.15) is 80.3 Å². The Morgan fingerprint density at radius 2 is 1.67 bits per heavy atom.